The monoisotopic (exact) mass is 568 g/mol. The second kappa shape index (κ2) is 9.59. The van der Waals surface area contributed by atoms with Gasteiger partial charge in [-0.15, -0.1) is 0 Å². The van der Waals surface area contributed by atoms with Gasteiger partial charge in [0.1, 0.15) is 11.7 Å². The lowest BCUT2D eigenvalue weighted by atomic mass is 9.59. The fourth-order valence-electron chi connectivity index (χ4n) is 9.10. The zero-order chi connectivity index (χ0) is 29.6. The van der Waals surface area contributed by atoms with Crippen LogP contribution in [0.1, 0.15) is 68.7 Å². The van der Waals surface area contributed by atoms with Crippen molar-refractivity contribution in [2.24, 2.45) is 40.4 Å². The molecule has 3 N–H and O–H groups in total. The van der Waals surface area contributed by atoms with Gasteiger partial charge in [0, 0.05) is 25.7 Å². The van der Waals surface area contributed by atoms with Crippen LogP contribution in [0.25, 0.3) is 0 Å². The first-order valence-electron chi connectivity index (χ1n) is 15.1. The molecule has 2 heterocycles. The predicted molar refractivity (Wildman–Crippen MR) is 150 cm³/mol. The van der Waals surface area contributed by atoms with Crippen molar-refractivity contribution in [2.75, 3.05) is 19.8 Å². The summed E-state index contributed by atoms with van der Waals surface area (Å²) >= 11 is 0. The van der Waals surface area contributed by atoms with E-state index in [1.807, 2.05) is 18.5 Å². The Morgan fingerprint density at radius 2 is 1.90 bits per heavy atom. The van der Waals surface area contributed by atoms with E-state index in [2.05, 4.69) is 18.9 Å². The van der Waals surface area contributed by atoms with Crippen molar-refractivity contribution in [1.29, 1.82) is 0 Å². The molecule has 0 radical (unpaired) electrons. The van der Waals surface area contributed by atoms with Crippen molar-refractivity contribution in [3.8, 4) is 0 Å². The van der Waals surface area contributed by atoms with Gasteiger partial charge in [-0.1, -0.05) is 32.9 Å². The van der Waals surface area contributed by atoms with Crippen molar-refractivity contribution in [3.05, 3.63) is 40.2 Å². The van der Waals surface area contributed by atoms with E-state index in [1.54, 1.807) is 26.0 Å². The Morgan fingerprint density at radius 3 is 2.56 bits per heavy atom. The topological polar surface area (TPSA) is 131 Å². The standard InChI is InChI=1S/C32H44N2O7/c1-16-13-31-17(2)11-23-25(30(23,5)6)22(27(31)37)12-21(15-35)26(36)32(31,39)28(16)41-29(38)24-18(3)33-34(19(24)4)14-20-7-9-40-10-8-20/h12-13,17,20,22-23,25-26,28,35-36,39H,7-11,14-15H2,1-6H3/t17-,22+,23-,25+,26-,28+,31+,32+/m1/s1. The van der Waals surface area contributed by atoms with E-state index in [4.69, 9.17) is 9.47 Å². The number of carbonyl (C=O) groups is 2. The molecule has 1 aromatic rings. The van der Waals surface area contributed by atoms with Crippen molar-refractivity contribution >= 4 is 11.8 Å². The first kappa shape index (κ1) is 28.8. The molecule has 6 rings (SSSR count). The van der Waals surface area contributed by atoms with Crippen molar-refractivity contribution in [1.82, 2.24) is 9.78 Å². The van der Waals surface area contributed by atoms with Crippen LogP contribution in [0, 0.1) is 54.3 Å². The highest BCUT2D eigenvalue weighted by atomic mass is 16.6. The van der Waals surface area contributed by atoms with Gasteiger partial charge < -0.3 is 24.8 Å². The molecule has 1 spiro atoms. The first-order valence-corrected chi connectivity index (χ1v) is 15.1. The Bertz CT molecular complexity index is 1340. The van der Waals surface area contributed by atoms with Crippen LogP contribution in [-0.4, -0.2) is 74.5 Å². The van der Waals surface area contributed by atoms with Crippen LogP contribution in [0.3, 0.4) is 0 Å². The van der Waals surface area contributed by atoms with Crippen LogP contribution in [0.15, 0.2) is 23.3 Å². The maximum Gasteiger partial charge on any atom is 0.342 e. The van der Waals surface area contributed by atoms with E-state index in [-0.39, 0.29) is 34.5 Å². The van der Waals surface area contributed by atoms with Gasteiger partial charge in [0.2, 0.25) is 0 Å². The van der Waals surface area contributed by atoms with E-state index < -0.39 is 41.7 Å². The highest BCUT2D eigenvalue weighted by molar-refractivity contribution is 5.96. The second-order valence-electron chi connectivity index (χ2n) is 13.9. The summed E-state index contributed by atoms with van der Waals surface area (Å²) in [6, 6.07) is 0. The minimum atomic E-state index is -2.16. The summed E-state index contributed by atoms with van der Waals surface area (Å²) in [6.07, 6.45) is 3.16. The molecule has 224 valence electrons. The molecule has 1 aromatic heterocycles. The molecule has 4 aliphatic carbocycles. The normalized spacial score (nSPS) is 39.7. The smallest absolute Gasteiger partial charge is 0.342 e. The number of aryl methyl sites for hydroxylation is 1. The zero-order valence-electron chi connectivity index (χ0n) is 25.0. The summed E-state index contributed by atoms with van der Waals surface area (Å²) in [5, 5.41) is 39.4. The van der Waals surface area contributed by atoms with Gasteiger partial charge in [-0.05, 0) is 80.3 Å². The number of nitrogens with zero attached hydrogens (tertiary/aromatic N) is 2. The highest BCUT2D eigenvalue weighted by Gasteiger charge is 2.76. The molecule has 41 heavy (non-hydrogen) atoms. The quantitative estimate of drug-likeness (QED) is 0.365. The summed E-state index contributed by atoms with van der Waals surface area (Å²) in [7, 11) is 0. The summed E-state index contributed by atoms with van der Waals surface area (Å²) in [5.74, 6) is -0.923. The third-order valence-electron chi connectivity index (χ3n) is 11.5. The van der Waals surface area contributed by atoms with Gasteiger partial charge in [-0.25, -0.2) is 4.79 Å². The van der Waals surface area contributed by atoms with Gasteiger partial charge >= 0.3 is 5.97 Å². The van der Waals surface area contributed by atoms with Crippen LogP contribution >= 0.6 is 0 Å². The number of aliphatic hydroxyl groups excluding tert-OH is 2. The molecule has 1 saturated heterocycles. The van der Waals surface area contributed by atoms with Crippen LogP contribution in [0.2, 0.25) is 0 Å². The molecule has 9 heteroatoms. The maximum absolute atomic E-state index is 14.5. The van der Waals surface area contributed by atoms with Gasteiger partial charge in [0.05, 0.1) is 23.4 Å². The Kier molecular flexibility index (Phi) is 6.73. The lowest BCUT2D eigenvalue weighted by Crippen LogP contribution is -2.65. The molecular weight excluding hydrogens is 524 g/mol. The Labute approximate surface area is 241 Å². The molecule has 0 amide bonds. The number of esters is 1. The van der Waals surface area contributed by atoms with E-state index in [0.29, 0.717) is 41.4 Å². The average Bonchev–Trinajstić information content (AvgIpc) is 3.27. The number of hydrogen-bond acceptors (Lipinski definition) is 8. The Morgan fingerprint density at radius 1 is 1.22 bits per heavy atom. The summed E-state index contributed by atoms with van der Waals surface area (Å²) in [6.45, 7) is 13.2. The van der Waals surface area contributed by atoms with Gasteiger partial charge in [0.25, 0.3) is 0 Å². The number of Topliss-reactive ketones (excluding diaryl/α,β-unsaturated/α-hetero) is 1. The van der Waals surface area contributed by atoms with Gasteiger partial charge in [0.15, 0.2) is 17.5 Å². The van der Waals surface area contributed by atoms with Crippen LogP contribution in [0.5, 0.6) is 0 Å². The molecule has 1 aliphatic heterocycles. The number of fused-ring (bicyclic) bond motifs is 3. The van der Waals surface area contributed by atoms with Gasteiger partial charge in [-0.2, -0.15) is 5.10 Å². The molecule has 3 fully saturated rings. The zero-order valence-corrected chi connectivity index (χ0v) is 25.0. The van der Waals surface area contributed by atoms with Crippen LogP contribution in [-0.2, 0) is 20.8 Å². The number of allylic oxidation sites excluding steroid dienone is 1. The molecule has 8 atom stereocenters. The summed E-state index contributed by atoms with van der Waals surface area (Å²) in [5.41, 5.74) is -1.41. The SMILES string of the molecule is CC1=C[C@]23C(=O)[C@@H](C=C(CO)[C@@H](O)[C@]2(O)[C@H]1OC(=O)c1c(C)nn(CC2CCOCC2)c1C)[C@H]1[C@@H](C[C@H]3C)C1(C)C. The predicted octanol–water partition coefficient (Wildman–Crippen LogP) is 2.92. The number of hydrogen-bond donors (Lipinski definition) is 3. The molecule has 9 nitrogen and oxygen atoms in total. The maximum atomic E-state index is 14.5. The number of carbonyl (C=O) groups excluding carboxylic acids is 2. The van der Waals surface area contributed by atoms with Crippen LogP contribution in [0.4, 0.5) is 0 Å². The molecule has 2 bridgehead atoms. The Balaban J connectivity index is 1.37. The third kappa shape index (κ3) is 3.84. The molecule has 2 saturated carbocycles. The van der Waals surface area contributed by atoms with E-state index in [1.165, 1.54) is 0 Å². The molecule has 0 unspecified atom stereocenters. The van der Waals surface area contributed by atoms with Crippen molar-refractivity contribution < 1.29 is 34.4 Å². The minimum absolute atomic E-state index is 0.0518. The van der Waals surface area contributed by atoms with E-state index in [9.17, 15) is 24.9 Å². The number of ketones is 1. The Hall–Kier alpha value is -2.33. The second-order valence-corrected chi connectivity index (χ2v) is 13.9. The number of rotatable bonds is 5. The molecule has 0 aromatic carbocycles. The van der Waals surface area contributed by atoms with Crippen molar-refractivity contribution in [3.63, 3.8) is 0 Å². The minimum Gasteiger partial charge on any atom is -0.451 e. The average molecular weight is 569 g/mol. The van der Waals surface area contributed by atoms with Crippen molar-refractivity contribution in [2.45, 2.75) is 85.2 Å². The third-order valence-corrected chi connectivity index (χ3v) is 11.5. The summed E-state index contributed by atoms with van der Waals surface area (Å²) in [4.78, 5) is 28.4. The van der Waals surface area contributed by atoms with Crippen LogP contribution < -0.4 is 0 Å². The number of aromatic nitrogens is 2. The number of ether oxygens (including phenoxy) is 2. The largest absolute Gasteiger partial charge is 0.451 e. The van der Waals surface area contributed by atoms with Gasteiger partial charge in [-0.3, -0.25) is 9.48 Å². The number of aliphatic hydroxyl groups is 3. The van der Waals surface area contributed by atoms with E-state index >= 15 is 0 Å². The molecular formula is C32H44N2O7. The summed E-state index contributed by atoms with van der Waals surface area (Å²) < 4.78 is 13.4. The fraction of sp³-hybridized carbons (Fsp3) is 0.719. The fourth-order valence-corrected chi connectivity index (χ4v) is 9.10. The van der Waals surface area contributed by atoms with E-state index in [0.717, 1.165) is 26.1 Å². The highest BCUT2D eigenvalue weighted by Crippen LogP contribution is 2.71. The lowest BCUT2D eigenvalue weighted by Gasteiger charge is -2.48. The molecule has 5 aliphatic rings. The lowest BCUT2D eigenvalue weighted by molar-refractivity contribution is -0.190. The first-order chi connectivity index (χ1) is 19.3.